The van der Waals surface area contributed by atoms with Crippen molar-refractivity contribution < 1.29 is 18.0 Å². The molecule has 152 valence electrons. The lowest BCUT2D eigenvalue weighted by atomic mass is 9.97. The number of amides is 2. The van der Waals surface area contributed by atoms with Gasteiger partial charge in [0.2, 0.25) is 11.8 Å². The fourth-order valence-electron chi connectivity index (χ4n) is 3.83. The molecular formula is C21H28N2O4S. The van der Waals surface area contributed by atoms with E-state index in [1.165, 1.54) is 31.4 Å². The highest BCUT2D eigenvalue weighted by molar-refractivity contribution is 7.91. The maximum absolute atomic E-state index is 12.6. The number of rotatable bonds is 7. The Morgan fingerprint density at radius 1 is 1.18 bits per heavy atom. The first-order valence-electron chi connectivity index (χ1n) is 9.95. The lowest BCUT2D eigenvalue weighted by Gasteiger charge is -2.15. The predicted molar refractivity (Wildman–Crippen MR) is 109 cm³/mol. The van der Waals surface area contributed by atoms with Gasteiger partial charge in [0.25, 0.3) is 0 Å². The second-order valence-corrected chi connectivity index (χ2v) is 9.60. The number of hydrogen-bond donors (Lipinski definition) is 1. The number of nitrogens with one attached hydrogen (secondary N) is 1. The highest BCUT2D eigenvalue weighted by atomic mass is 32.2. The molecule has 0 saturated heterocycles. The van der Waals surface area contributed by atoms with Crippen molar-refractivity contribution in [3.63, 3.8) is 0 Å². The van der Waals surface area contributed by atoms with Crippen molar-refractivity contribution in [1.29, 1.82) is 0 Å². The second kappa shape index (κ2) is 8.90. The zero-order valence-electron chi connectivity index (χ0n) is 16.4. The van der Waals surface area contributed by atoms with Gasteiger partial charge in [-0.25, -0.2) is 8.42 Å². The monoisotopic (exact) mass is 404 g/mol. The molecule has 0 bridgehead atoms. The van der Waals surface area contributed by atoms with Crippen LogP contribution in [0.15, 0.2) is 34.7 Å². The van der Waals surface area contributed by atoms with Crippen LogP contribution in [-0.4, -0.2) is 39.1 Å². The van der Waals surface area contributed by atoms with Crippen molar-refractivity contribution in [1.82, 2.24) is 5.32 Å². The number of carbonyl (C=O) groups is 2. The molecule has 1 heterocycles. The summed E-state index contributed by atoms with van der Waals surface area (Å²) in [4.78, 5) is 25.5. The minimum absolute atomic E-state index is 0.0436. The van der Waals surface area contributed by atoms with E-state index in [-0.39, 0.29) is 28.9 Å². The SMILES string of the molecule is CC(=O)N1CCc2cc(S(=O)(=O)CCC(=O)NCCC3=CCCCC3)ccc21. The van der Waals surface area contributed by atoms with Gasteiger partial charge in [-0.1, -0.05) is 11.6 Å². The maximum Gasteiger partial charge on any atom is 0.223 e. The summed E-state index contributed by atoms with van der Waals surface area (Å²) in [6.45, 7) is 2.64. The first-order chi connectivity index (χ1) is 13.4. The van der Waals surface area contributed by atoms with Gasteiger partial charge >= 0.3 is 0 Å². The van der Waals surface area contributed by atoms with Gasteiger partial charge in [-0.3, -0.25) is 9.59 Å². The molecule has 1 aromatic carbocycles. The third-order valence-electron chi connectivity index (χ3n) is 5.44. The largest absolute Gasteiger partial charge is 0.356 e. The number of carbonyl (C=O) groups excluding carboxylic acids is 2. The summed E-state index contributed by atoms with van der Waals surface area (Å²) in [6.07, 6.45) is 8.37. The first-order valence-corrected chi connectivity index (χ1v) is 11.6. The molecule has 1 N–H and O–H groups in total. The van der Waals surface area contributed by atoms with Crippen molar-refractivity contribution in [2.75, 3.05) is 23.7 Å². The Balaban J connectivity index is 1.52. The van der Waals surface area contributed by atoms with Crippen molar-refractivity contribution in [2.24, 2.45) is 0 Å². The van der Waals surface area contributed by atoms with Crippen LogP contribution in [0.2, 0.25) is 0 Å². The van der Waals surface area contributed by atoms with Crippen molar-refractivity contribution >= 4 is 27.3 Å². The third-order valence-corrected chi connectivity index (χ3v) is 7.15. The van der Waals surface area contributed by atoms with Crippen LogP contribution in [0.1, 0.15) is 51.0 Å². The van der Waals surface area contributed by atoms with E-state index in [4.69, 9.17) is 0 Å². The molecule has 28 heavy (non-hydrogen) atoms. The summed E-state index contributed by atoms with van der Waals surface area (Å²) in [7, 11) is -3.54. The molecular weight excluding hydrogens is 376 g/mol. The van der Waals surface area contributed by atoms with Crippen LogP contribution in [0.25, 0.3) is 0 Å². The van der Waals surface area contributed by atoms with E-state index in [2.05, 4.69) is 11.4 Å². The number of fused-ring (bicyclic) bond motifs is 1. The molecule has 0 saturated carbocycles. The standard InChI is InChI=1S/C21H28N2O4S/c1-16(24)23-13-10-18-15-19(7-8-20(18)23)28(26,27)14-11-21(25)22-12-9-17-5-3-2-4-6-17/h5,7-8,15H,2-4,6,9-14H2,1H3,(H,22,25). The van der Waals surface area contributed by atoms with Crippen LogP contribution in [0.5, 0.6) is 0 Å². The van der Waals surface area contributed by atoms with Gasteiger partial charge in [-0.2, -0.15) is 0 Å². The van der Waals surface area contributed by atoms with E-state index in [1.54, 1.807) is 17.0 Å². The molecule has 3 rings (SSSR count). The van der Waals surface area contributed by atoms with E-state index in [0.717, 1.165) is 30.5 Å². The van der Waals surface area contributed by atoms with Gasteiger partial charge in [-0.05, 0) is 62.3 Å². The van der Waals surface area contributed by atoms with Gasteiger partial charge in [0.1, 0.15) is 0 Å². The third kappa shape index (κ3) is 5.01. The first kappa shape index (κ1) is 20.6. The smallest absolute Gasteiger partial charge is 0.223 e. The average molecular weight is 405 g/mol. The molecule has 7 heteroatoms. The van der Waals surface area contributed by atoms with Crippen molar-refractivity contribution in [2.45, 2.75) is 56.8 Å². The fourth-order valence-corrected chi connectivity index (χ4v) is 5.11. The molecule has 0 unspecified atom stereocenters. The molecule has 0 fully saturated rings. The van der Waals surface area contributed by atoms with Gasteiger partial charge in [-0.15, -0.1) is 0 Å². The molecule has 0 aromatic heterocycles. The number of sulfone groups is 1. The molecule has 6 nitrogen and oxygen atoms in total. The summed E-state index contributed by atoms with van der Waals surface area (Å²) >= 11 is 0. The van der Waals surface area contributed by atoms with E-state index < -0.39 is 9.84 Å². The number of benzene rings is 1. The van der Waals surface area contributed by atoms with Gasteiger partial charge < -0.3 is 10.2 Å². The van der Waals surface area contributed by atoms with Crippen LogP contribution in [-0.2, 0) is 25.8 Å². The second-order valence-electron chi connectivity index (χ2n) is 7.49. The van der Waals surface area contributed by atoms with Crippen LogP contribution in [0.4, 0.5) is 5.69 Å². The van der Waals surface area contributed by atoms with Gasteiger partial charge in [0, 0.05) is 32.1 Å². The number of hydrogen-bond acceptors (Lipinski definition) is 4. The summed E-state index contributed by atoms with van der Waals surface area (Å²) in [5, 5.41) is 2.83. The Kier molecular flexibility index (Phi) is 6.54. The van der Waals surface area contributed by atoms with Crippen LogP contribution >= 0.6 is 0 Å². The normalized spacial score (nSPS) is 16.5. The van der Waals surface area contributed by atoms with Crippen LogP contribution < -0.4 is 10.2 Å². The molecule has 1 aliphatic heterocycles. The average Bonchev–Trinajstić information content (AvgIpc) is 3.11. The van der Waals surface area contributed by atoms with E-state index in [0.29, 0.717) is 19.5 Å². The Labute approximate surface area is 166 Å². The molecule has 1 aromatic rings. The zero-order valence-corrected chi connectivity index (χ0v) is 17.2. The lowest BCUT2D eigenvalue weighted by Crippen LogP contribution is -2.27. The summed E-state index contributed by atoms with van der Waals surface area (Å²) in [5.41, 5.74) is 3.03. The fraction of sp³-hybridized carbons (Fsp3) is 0.524. The van der Waals surface area contributed by atoms with Crippen molar-refractivity contribution in [3.05, 3.63) is 35.4 Å². The summed E-state index contributed by atoms with van der Waals surface area (Å²) in [5.74, 6) is -0.490. The topological polar surface area (TPSA) is 83.6 Å². The minimum atomic E-state index is -3.54. The highest BCUT2D eigenvalue weighted by Gasteiger charge is 2.25. The molecule has 0 radical (unpaired) electrons. The van der Waals surface area contributed by atoms with Crippen molar-refractivity contribution in [3.8, 4) is 0 Å². The summed E-state index contributed by atoms with van der Waals surface area (Å²) in [6, 6.07) is 4.86. The molecule has 2 aliphatic rings. The van der Waals surface area contributed by atoms with E-state index in [1.807, 2.05) is 0 Å². The maximum atomic E-state index is 12.6. The van der Waals surface area contributed by atoms with E-state index >= 15 is 0 Å². The molecule has 1 aliphatic carbocycles. The van der Waals surface area contributed by atoms with Gasteiger partial charge in [0.05, 0.1) is 10.6 Å². The minimum Gasteiger partial charge on any atom is -0.356 e. The highest BCUT2D eigenvalue weighted by Crippen LogP contribution is 2.30. The van der Waals surface area contributed by atoms with Crippen LogP contribution in [0, 0.1) is 0 Å². The Morgan fingerprint density at radius 2 is 2.00 bits per heavy atom. The Morgan fingerprint density at radius 3 is 2.71 bits per heavy atom. The van der Waals surface area contributed by atoms with E-state index in [9.17, 15) is 18.0 Å². The predicted octanol–water partition coefficient (Wildman–Crippen LogP) is 2.77. The zero-order chi connectivity index (χ0) is 20.1. The molecule has 2 amide bonds. The summed E-state index contributed by atoms with van der Waals surface area (Å²) < 4.78 is 25.2. The van der Waals surface area contributed by atoms with Crippen LogP contribution in [0.3, 0.4) is 0 Å². The Bertz CT molecular complexity index is 890. The number of allylic oxidation sites excluding steroid dienone is 1. The Hall–Kier alpha value is -2.15. The van der Waals surface area contributed by atoms with Gasteiger partial charge in [0.15, 0.2) is 9.84 Å². The molecule has 0 spiro atoms. The number of nitrogens with zero attached hydrogens (tertiary/aromatic N) is 1. The number of anilines is 1. The lowest BCUT2D eigenvalue weighted by molar-refractivity contribution is -0.120. The molecule has 0 atom stereocenters. The quantitative estimate of drug-likeness (QED) is 0.709.